The zero-order valence-electron chi connectivity index (χ0n) is 10.4. The van der Waals surface area contributed by atoms with E-state index in [4.69, 9.17) is 0 Å². The Morgan fingerprint density at radius 2 is 2.12 bits per heavy atom. The lowest BCUT2D eigenvalue weighted by molar-refractivity contribution is -0.553. The molecule has 0 aliphatic heterocycles. The Morgan fingerprint density at radius 1 is 1.59 bits per heavy atom. The SMILES string of the molecule is COC(=O)C1CC(O)(C(CC(C)C)[N+](=O)[O-])C1. The molecule has 1 aliphatic rings. The average Bonchev–Trinajstić information content (AvgIpc) is 2.19. The molecule has 0 aromatic heterocycles. The standard InChI is InChI=1S/C11H19NO5/c1-7(2)4-9(12(15)16)11(14)5-8(6-11)10(13)17-3/h7-9,14H,4-6H2,1-3H3. The van der Waals surface area contributed by atoms with Gasteiger partial charge in [0, 0.05) is 11.3 Å². The van der Waals surface area contributed by atoms with E-state index in [0.717, 1.165) is 0 Å². The van der Waals surface area contributed by atoms with Gasteiger partial charge in [-0.05, 0) is 18.8 Å². The van der Waals surface area contributed by atoms with Crippen molar-refractivity contribution in [3.8, 4) is 0 Å². The molecule has 1 unspecified atom stereocenters. The highest BCUT2D eigenvalue weighted by Crippen LogP contribution is 2.43. The molecule has 0 amide bonds. The predicted octanol–water partition coefficient (Wildman–Crippen LogP) is 0.992. The Bertz CT molecular complexity index is 309. The van der Waals surface area contributed by atoms with Gasteiger partial charge in [0.1, 0.15) is 5.60 Å². The number of hydrogen-bond donors (Lipinski definition) is 1. The maximum atomic E-state index is 11.2. The monoisotopic (exact) mass is 245 g/mol. The van der Waals surface area contributed by atoms with E-state index in [0.29, 0.717) is 6.42 Å². The molecule has 0 bridgehead atoms. The minimum atomic E-state index is -1.35. The number of esters is 1. The summed E-state index contributed by atoms with van der Waals surface area (Å²) < 4.78 is 4.55. The smallest absolute Gasteiger partial charge is 0.308 e. The Balaban J connectivity index is 2.65. The van der Waals surface area contributed by atoms with Crippen molar-refractivity contribution in [3.63, 3.8) is 0 Å². The number of carbonyl (C=O) groups excluding carboxylic acids is 1. The van der Waals surface area contributed by atoms with Crippen LogP contribution in [0, 0.1) is 22.0 Å². The molecule has 6 nitrogen and oxygen atoms in total. The van der Waals surface area contributed by atoms with Gasteiger partial charge < -0.3 is 9.84 Å². The van der Waals surface area contributed by atoms with Crippen molar-refractivity contribution in [2.45, 2.75) is 44.8 Å². The lowest BCUT2D eigenvalue weighted by atomic mass is 9.66. The van der Waals surface area contributed by atoms with Crippen LogP contribution in [0.3, 0.4) is 0 Å². The minimum absolute atomic E-state index is 0.123. The molecular weight excluding hydrogens is 226 g/mol. The second-order valence-corrected chi connectivity index (χ2v) is 5.16. The highest BCUT2D eigenvalue weighted by atomic mass is 16.6. The molecule has 98 valence electrons. The third-order valence-electron chi connectivity index (χ3n) is 3.30. The molecule has 17 heavy (non-hydrogen) atoms. The van der Waals surface area contributed by atoms with Crippen molar-refractivity contribution in [1.82, 2.24) is 0 Å². The molecule has 0 spiro atoms. The zero-order chi connectivity index (χ0) is 13.2. The first-order valence-electron chi connectivity index (χ1n) is 5.74. The van der Waals surface area contributed by atoms with E-state index in [1.165, 1.54) is 7.11 Å². The Morgan fingerprint density at radius 3 is 2.47 bits per heavy atom. The van der Waals surface area contributed by atoms with E-state index in [1.54, 1.807) is 0 Å². The van der Waals surface area contributed by atoms with E-state index in [1.807, 2.05) is 13.8 Å². The van der Waals surface area contributed by atoms with Crippen LogP contribution in [0.25, 0.3) is 0 Å². The molecule has 0 aromatic carbocycles. The summed E-state index contributed by atoms with van der Waals surface area (Å²) in [4.78, 5) is 21.7. The van der Waals surface area contributed by atoms with Gasteiger partial charge in [0.2, 0.25) is 6.04 Å². The Hall–Kier alpha value is -1.17. The van der Waals surface area contributed by atoms with Gasteiger partial charge in [-0.3, -0.25) is 14.9 Å². The highest BCUT2D eigenvalue weighted by molar-refractivity contribution is 5.73. The molecule has 1 atom stereocenters. The first kappa shape index (κ1) is 13.9. The highest BCUT2D eigenvalue weighted by Gasteiger charge is 2.56. The topological polar surface area (TPSA) is 89.7 Å². The van der Waals surface area contributed by atoms with E-state index in [9.17, 15) is 20.0 Å². The molecule has 1 rings (SSSR count). The summed E-state index contributed by atoms with van der Waals surface area (Å²) in [6.07, 6.45) is 0.563. The van der Waals surface area contributed by atoms with Crippen LogP contribution in [0.4, 0.5) is 0 Å². The number of nitrogens with zero attached hydrogens (tertiary/aromatic N) is 1. The quantitative estimate of drug-likeness (QED) is 0.443. The van der Waals surface area contributed by atoms with E-state index in [-0.39, 0.29) is 18.8 Å². The predicted molar refractivity (Wildman–Crippen MR) is 59.9 cm³/mol. The number of hydrogen-bond acceptors (Lipinski definition) is 5. The minimum Gasteiger partial charge on any atom is -0.469 e. The summed E-state index contributed by atoms with van der Waals surface area (Å²) >= 11 is 0. The molecule has 1 aliphatic carbocycles. The maximum Gasteiger partial charge on any atom is 0.308 e. The van der Waals surface area contributed by atoms with Gasteiger partial charge >= 0.3 is 5.97 Å². The third-order valence-corrected chi connectivity index (χ3v) is 3.30. The average molecular weight is 245 g/mol. The van der Waals surface area contributed by atoms with Crippen LogP contribution in [0.15, 0.2) is 0 Å². The fourth-order valence-electron chi connectivity index (χ4n) is 2.35. The van der Waals surface area contributed by atoms with Crippen molar-refractivity contribution in [2.75, 3.05) is 7.11 Å². The normalized spacial score (nSPS) is 29.6. The Labute approximate surface area is 100 Å². The van der Waals surface area contributed by atoms with Crippen LogP contribution in [0.5, 0.6) is 0 Å². The number of methoxy groups -OCH3 is 1. The van der Waals surface area contributed by atoms with Crippen LogP contribution in [0.2, 0.25) is 0 Å². The molecule has 1 fully saturated rings. The first-order chi connectivity index (χ1) is 7.80. The van der Waals surface area contributed by atoms with Crippen molar-refractivity contribution in [1.29, 1.82) is 0 Å². The maximum absolute atomic E-state index is 11.2. The van der Waals surface area contributed by atoms with Gasteiger partial charge in [-0.15, -0.1) is 0 Å². The van der Waals surface area contributed by atoms with Crippen LogP contribution in [-0.2, 0) is 9.53 Å². The number of ether oxygens (including phenoxy) is 1. The molecule has 6 heteroatoms. The molecule has 0 heterocycles. The zero-order valence-corrected chi connectivity index (χ0v) is 10.4. The van der Waals surface area contributed by atoms with Crippen molar-refractivity contribution in [2.24, 2.45) is 11.8 Å². The summed E-state index contributed by atoms with van der Waals surface area (Å²) in [6.45, 7) is 3.74. The van der Waals surface area contributed by atoms with Gasteiger partial charge in [0.25, 0.3) is 0 Å². The molecule has 1 saturated carbocycles. The van der Waals surface area contributed by atoms with Crippen LogP contribution in [-0.4, -0.2) is 34.8 Å². The molecule has 0 radical (unpaired) electrons. The third kappa shape index (κ3) is 2.94. The number of carbonyl (C=O) groups is 1. The van der Waals surface area contributed by atoms with Crippen LogP contribution in [0.1, 0.15) is 33.1 Å². The summed E-state index contributed by atoms with van der Waals surface area (Å²) in [5.74, 6) is -0.674. The van der Waals surface area contributed by atoms with Gasteiger partial charge in [-0.25, -0.2) is 0 Å². The van der Waals surface area contributed by atoms with Crippen LogP contribution < -0.4 is 0 Å². The number of aliphatic hydroxyl groups is 1. The molecule has 0 aromatic rings. The van der Waals surface area contributed by atoms with Gasteiger partial charge in [-0.2, -0.15) is 0 Å². The summed E-state index contributed by atoms with van der Waals surface area (Å²) in [7, 11) is 1.28. The fraction of sp³-hybridized carbons (Fsp3) is 0.909. The first-order valence-corrected chi connectivity index (χ1v) is 5.74. The summed E-state index contributed by atoms with van der Waals surface area (Å²) in [6, 6.07) is -0.997. The van der Waals surface area contributed by atoms with E-state index in [2.05, 4.69) is 4.74 Å². The van der Waals surface area contributed by atoms with Gasteiger partial charge in [-0.1, -0.05) is 13.8 Å². The largest absolute Gasteiger partial charge is 0.469 e. The summed E-state index contributed by atoms with van der Waals surface area (Å²) in [5.41, 5.74) is -1.35. The van der Waals surface area contributed by atoms with Crippen molar-refractivity contribution >= 4 is 5.97 Å². The second kappa shape index (κ2) is 5.00. The van der Waals surface area contributed by atoms with Crippen LogP contribution >= 0.6 is 0 Å². The lowest BCUT2D eigenvalue weighted by Crippen LogP contribution is -2.58. The second-order valence-electron chi connectivity index (χ2n) is 5.16. The summed E-state index contributed by atoms with van der Waals surface area (Å²) in [5, 5.41) is 21.1. The van der Waals surface area contributed by atoms with Gasteiger partial charge in [0.15, 0.2) is 0 Å². The van der Waals surface area contributed by atoms with Crippen molar-refractivity contribution < 1.29 is 19.6 Å². The number of rotatable bonds is 5. The number of nitro groups is 1. The van der Waals surface area contributed by atoms with E-state index < -0.39 is 28.5 Å². The van der Waals surface area contributed by atoms with Gasteiger partial charge in [0.05, 0.1) is 13.0 Å². The van der Waals surface area contributed by atoms with Crippen molar-refractivity contribution in [3.05, 3.63) is 10.1 Å². The lowest BCUT2D eigenvalue weighted by Gasteiger charge is -2.43. The fourth-order valence-corrected chi connectivity index (χ4v) is 2.35. The molecule has 1 N–H and O–H groups in total. The van der Waals surface area contributed by atoms with E-state index >= 15 is 0 Å². The molecular formula is C11H19NO5. The molecule has 0 saturated heterocycles. The Kier molecular flexibility index (Phi) is 4.08.